The van der Waals surface area contributed by atoms with Gasteiger partial charge in [-0.3, -0.25) is 0 Å². The molecule has 0 aliphatic heterocycles. The van der Waals surface area contributed by atoms with E-state index < -0.39 is 18.3 Å². The van der Waals surface area contributed by atoms with E-state index in [9.17, 15) is 18.3 Å². The van der Waals surface area contributed by atoms with Gasteiger partial charge >= 0.3 is 6.18 Å². The number of nitrogens with zero attached hydrogens (tertiary/aromatic N) is 6. The third-order valence-electron chi connectivity index (χ3n) is 7.05. The molecule has 0 spiro atoms. The lowest BCUT2D eigenvalue weighted by molar-refractivity contribution is -0.140. The molecule has 0 unspecified atom stereocenters. The van der Waals surface area contributed by atoms with Crippen molar-refractivity contribution in [3.63, 3.8) is 0 Å². The molecule has 12 heteroatoms. The molecule has 0 amide bonds. The van der Waals surface area contributed by atoms with Crippen LogP contribution in [0.15, 0.2) is 24.4 Å². The van der Waals surface area contributed by atoms with Crippen molar-refractivity contribution in [2.24, 2.45) is 0 Å². The lowest BCUT2D eigenvalue weighted by Gasteiger charge is -2.35. The van der Waals surface area contributed by atoms with Crippen LogP contribution in [0.3, 0.4) is 0 Å². The monoisotopic (exact) mass is 502 g/mol. The fourth-order valence-corrected chi connectivity index (χ4v) is 4.94. The van der Waals surface area contributed by atoms with E-state index in [4.69, 9.17) is 0 Å². The molecule has 0 aromatic carbocycles. The Labute approximate surface area is 205 Å². The number of rotatable bonds is 6. The first-order valence-electron chi connectivity index (χ1n) is 12.1. The number of fused-ring (bicyclic) bond motifs is 2. The van der Waals surface area contributed by atoms with Crippen molar-refractivity contribution in [1.82, 2.24) is 29.1 Å². The number of hydrogen-bond acceptors (Lipinski definition) is 7. The SMILES string of the molecule is CCC1(O)CCC(Nc2nc(NC)c3c(-c4ccc5nc(C)n(CC(F)(F)F)c5n4)ccn3n2)CC1. The predicted molar refractivity (Wildman–Crippen MR) is 131 cm³/mol. The van der Waals surface area contributed by atoms with Crippen molar-refractivity contribution in [3.05, 3.63) is 30.2 Å². The molecule has 0 radical (unpaired) electrons. The van der Waals surface area contributed by atoms with Gasteiger partial charge in [0.05, 0.1) is 11.3 Å². The number of nitrogens with one attached hydrogen (secondary N) is 2. The van der Waals surface area contributed by atoms with Crippen LogP contribution in [0.2, 0.25) is 0 Å². The second-order valence-corrected chi connectivity index (χ2v) is 9.45. The predicted octanol–water partition coefficient (Wildman–Crippen LogP) is 4.55. The number of aromatic nitrogens is 6. The third kappa shape index (κ3) is 4.57. The van der Waals surface area contributed by atoms with Crippen LogP contribution in [0.25, 0.3) is 27.9 Å². The van der Waals surface area contributed by atoms with E-state index in [2.05, 4.69) is 30.7 Å². The second kappa shape index (κ2) is 8.91. The van der Waals surface area contributed by atoms with Crippen molar-refractivity contribution < 1.29 is 18.3 Å². The maximum Gasteiger partial charge on any atom is 0.406 e. The highest BCUT2D eigenvalue weighted by atomic mass is 19.4. The summed E-state index contributed by atoms with van der Waals surface area (Å²) in [6.45, 7) is 2.39. The third-order valence-corrected chi connectivity index (χ3v) is 7.05. The minimum absolute atomic E-state index is 0.162. The normalized spacial score (nSPS) is 20.8. The second-order valence-electron chi connectivity index (χ2n) is 9.45. The van der Waals surface area contributed by atoms with Crippen LogP contribution in [0.5, 0.6) is 0 Å². The van der Waals surface area contributed by atoms with Crippen LogP contribution >= 0.6 is 0 Å². The maximum absolute atomic E-state index is 13.1. The Morgan fingerprint density at radius 1 is 1.14 bits per heavy atom. The van der Waals surface area contributed by atoms with Gasteiger partial charge in [-0.05, 0) is 57.2 Å². The molecule has 0 atom stereocenters. The Balaban J connectivity index is 1.48. The summed E-state index contributed by atoms with van der Waals surface area (Å²) in [6, 6.07) is 5.40. The van der Waals surface area contributed by atoms with Crippen LogP contribution in [0.4, 0.5) is 24.9 Å². The van der Waals surface area contributed by atoms with Crippen LogP contribution in [0.1, 0.15) is 44.9 Å². The summed E-state index contributed by atoms with van der Waals surface area (Å²) in [5.74, 6) is 1.28. The summed E-state index contributed by atoms with van der Waals surface area (Å²) >= 11 is 0. The van der Waals surface area contributed by atoms with Gasteiger partial charge < -0.3 is 20.3 Å². The number of hydrogen-bond donors (Lipinski definition) is 3. The molecule has 4 aromatic rings. The van der Waals surface area contributed by atoms with E-state index in [0.717, 1.165) is 36.7 Å². The summed E-state index contributed by atoms with van der Waals surface area (Å²) in [6.07, 6.45) is 1.25. The van der Waals surface area contributed by atoms with Crippen LogP contribution in [0, 0.1) is 6.92 Å². The summed E-state index contributed by atoms with van der Waals surface area (Å²) < 4.78 is 42.2. The number of alkyl halides is 3. The average Bonchev–Trinajstić information content (AvgIpc) is 3.40. The first-order valence-corrected chi connectivity index (χ1v) is 12.1. The Hall–Kier alpha value is -3.41. The van der Waals surface area contributed by atoms with Crippen molar-refractivity contribution in [2.75, 3.05) is 17.7 Å². The molecule has 36 heavy (non-hydrogen) atoms. The Morgan fingerprint density at radius 3 is 2.56 bits per heavy atom. The van der Waals surface area contributed by atoms with Gasteiger partial charge in [-0.25, -0.2) is 14.5 Å². The summed E-state index contributed by atoms with van der Waals surface area (Å²) in [4.78, 5) is 13.4. The van der Waals surface area contributed by atoms with E-state index >= 15 is 0 Å². The number of imidazole rings is 1. The number of halogens is 3. The zero-order valence-corrected chi connectivity index (χ0v) is 20.4. The van der Waals surface area contributed by atoms with Gasteiger partial charge in [-0.2, -0.15) is 18.2 Å². The average molecular weight is 503 g/mol. The van der Waals surface area contributed by atoms with Crippen molar-refractivity contribution in [3.8, 4) is 11.3 Å². The molecule has 1 saturated carbocycles. The molecular formula is C24H29F3N8O. The Morgan fingerprint density at radius 2 is 1.89 bits per heavy atom. The fourth-order valence-electron chi connectivity index (χ4n) is 4.94. The Bertz CT molecular complexity index is 1400. The molecule has 192 valence electrons. The highest BCUT2D eigenvalue weighted by Gasteiger charge is 2.32. The summed E-state index contributed by atoms with van der Waals surface area (Å²) in [5.41, 5.74) is 1.85. The number of anilines is 2. The Kier molecular flexibility index (Phi) is 6.01. The lowest BCUT2D eigenvalue weighted by Crippen LogP contribution is -2.38. The van der Waals surface area contributed by atoms with E-state index in [-0.39, 0.29) is 17.5 Å². The largest absolute Gasteiger partial charge is 0.406 e. The summed E-state index contributed by atoms with van der Waals surface area (Å²) in [7, 11) is 1.75. The number of aryl methyl sites for hydroxylation is 1. The molecule has 1 aliphatic carbocycles. The quantitative estimate of drug-likeness (QED) is 0.355. The van der Waals surface area contributed by atoms with Crippen molar-refractivity contribution in [2.45, 2.75) is 70.3 Å². The van der Waals surface area contributed by atoms with Gasteiger partial charge in [0.1, 0.15) is 23.4 Å². The molecule has 1 fully saturated rings. The van der Waals surface area contributed by atoms with Gasteiger partial charge in [-0.15, -0.1) is 5.10 Å². The molecule has 9 nitrogen and oxygen atoms in total. The highest BCUT2D eigenvalue weighted by Crippen LogP contribution is 2.34. The van der Waals surface area contributed by atoms with Crippen molar-refractivity contribution >= 4 is 28.4 Å². The fraction of sp³-hybridized carbons (Fsp3) is 0.500. The number of aliphatic hydroxyl groups is 1. The van der Waals surface area contributed by atoms with Gasteiger partial charge in [0.15, 0.2) is 11.5 Å². The molecule has 0 bridgehead atoms. The first kappa shape index (κ1) is 24.3. The first-order chi connectivity index (χ1) is 17.1. The molecule has 5 rings (SSSR count). The minimum Gasteiger partial charge on any atom is -0.390 e. The van der Waals surface area contributed by atoms with Crippen LogP contribution in [-0.4, -0.2) is 59.1 Å². The smallest absolute Gasteiger partial charge is 0.390 e. The van der Waals surface area contributed by atoms with Gasteiger partial charge in [0.25, 0.3) is 0 Å². The van der Waals surface area contributed by atoms with E-state index in [0.29, 0.717) is 34.1 Å². The van der Waals surface area contributed by atoms with Gasteiger partial charge in [0, 0.05) is 24.8 Å². The number of pyridine rings is 1. The standard InChI is InChI=1S/C24H29F3N8O/c1-4-23(36)10-7-15(8-11-23)30-22-32-20(28-3)19-16(9-12-35(19)33-22)17-5-6-18-21(31-17)34(14(2)29-18)13-24(25,26)27/h5-6,9,12,15,36H,4,7-8,10-11,13H2,1-3H3,(H2,28,30,32,33). The summed E-state index contributed by atoms with van der Waals surface area (Å²) in [5, 5.41) is 21.6. The molecule has 1 aliphatic rings. The molecule has 4 heterocycles. The topological polar surface area (TPSA) is 105 Å². The van der Waals surface area contributed by atoms with E-state index in [1.54, 1.807) is 29.9 Å². The van der Waals surface area contributed by atoms with Gasteiger partial charge in [0.2, 0.25) is 5.95 Å². The van der Waals surface area contributed by atoms with E-state index in [1.165, 1.54) is 6.92 Å². The van der Waals surface area contributed by atoms with E-state index in [1.807, 2.05) is 13.0 Å². The molecule has 4 aromatic heterocycles. The maximum atomic E-state index is 13.1. The molecular weight excluding hydrogens is 473 g/mol. The van der Waals surface area contributed by atoms with Gasteiger partial charge in [-0.1, -0.05) is 6.92 Å². The zero-order valence-electron chi connectivity index (χ0n) is 20.4. The van der Waals surface area contributed by atoms with Crippen LogP contribution < -0.4 is 10.6 Å². The highest BCUT2D eigenvalue weighted by molar-refractivity contribution is 5.89. The molecule has 3 N–H and O–H groups in total. The lowest BCUT2D eigenvalue weighted by atomic mass is 9.80. The molecule has 0 saturated heterocycles. The minimum atomic E-state index is -4.39. The zero-order chi connectivity index (χ0) is 25.7. The van der Waals surface area contributed by atoms with Crippen LogP contribution in [-0.2, 0) is 6.54 Å². The van der Waals surface area contributed by atoms with Crippen molar-refractivity contribution in [1.29, 1.82) is 0 Å².